The first-order chi connectivity index (χ1) is 22.1. The minimum atomic E-state index is -0.762. The Morgan fingerprint density at radius 1 is 0.957 bits per heavy atom. The third-order valence-electron chi connectivity index (χ3n) is 9.30. The van der Waals surface area contributed by atoms with Gasteiger partial charge in [-0.1, -0.05) is 19.9 Å². The molecule has 1 aromatic carbocycles. The van der Waals surface area contributed by atoms with Gasteiger partial charge in [0.1, 0.15) is 11.9 Å². The summed E-state index contributed by atoms with van der Waals surface area (Å²) < 4.78 is 14.8. The number of nitrogens with one attached hydrogen (secondary N) is 2. The van der Waals surface area contributed by atoms with Gasteiger partial charge >= 0.3 is 0 Å². The molecule has 2 N–H and O–H groups in total. The van der Waals surface area contributed by atoms with Gasteiger partial charge in [-0.05, 0) is 74.3 Å². The highest BCUT2D eigenvalue weighted by atomic mass is 19.1. The molecule has 5 amide bonds. The SMILES string of the molecule is CC(C)[C@@H]1CN(C(=O)C2CCN(C(=O)c3ccncc3)CC2)CC(=O)NCCCc2ccc(F)c(c2)C(=O)N2CCC[C@H]2C(=O)N1. The molecule has 2 atom stereocenters. The van der Waals surface area contributed by atoms with E-state index in [4.69, 9.17) is 0 Å². The van der Waals surface area contributed by atoms with Crippen molar-refractivity contribution in [1.82, 2.24) is 30.3 Å². The highest BCUT2D eigenvalue weighted by Crippen LogP contribution is 2.25. The first-order valence-corrected chi connectivity index (χ1v) is 16.3. The highest BCUT2D eigenvalue weighted by Gasteiger charge is 2.38. The second-order valence-corrected chi connectivity index (χ2v) is 12.8. The molecule has 0 saturated carbocycles. The number of benzene rings is 1. The largest absolute Gasteiger partial charge is 0.355 e. The molecule has 11 nitrogen and oxygen atoms in total. The van der Waals surface area contributed by atoms with Crippen LogP contribution in [0.2, 0.25) is 0 Å². The van der Waals surface area contributed by atoms with Gasteiger partial charge in [-0.15, -0.1) is 0 Å². The predicted octanol–water partition coefficient (Wildman–Crippen LogP) is 2.41. The van der Waals surface area contributed by atoms with Crippen molar-refractivity contribution in [2.45, 2.75) is 64.5 Å². The van der Waals surface area contributed by atoms with Crippen molar-refractivity contribution in [3.63, 3.8) is 0 Å². The molecule has 3 aliphatic heterocycles. The Kier molecular flexibility index (Phi) is 10.6. The lowest BCUT2D eigenvalue weighted by Crippen LogP contribution is -2.56. The van der Waals surface area contributed by atoms with Crippen LogP contribution in [0.15, 0.2) is 42.7 Å². The summed E-state index contributed by atoms with van der Waals surface area (Å²) in [5.41, 5.74) is 1.24. The molecule has 0 unspecified atom stereocenters. The van der Waals surface area contributed by atoms with E-state index < -0.39 is 23.8 Å². The molecule has 2 bridgehead atoms. The number of piperidine rings is 1. The number of nitrogens with zero attached hydrogens (tertiary/aromatic N) is 4. The number of likely N-dealkylation sites (tertiary alicyclic amines) is 1. The van der Waals surface area contributed by atoms with Crippen molar-refractivity contribution < 1.29 is 28.4 Å². The standard InChI is InChI=1S/C34H43FN6O5/c1-22(2)28-20-40(33(45)25-11-17-39(18-12-25)32(44)24-9-14-36-15-10-24)21-30(42)37-13-3-5-23-7-8-27(35)26(19-23)34(46)41-16-4-6-29(41)31(43)38-28/h7-10,14-15,19,22,25,28-29H,3-6,11-13,16-18,20-21H2,1-2H3,(H,37,42)(H,38,43)/t28-,29-/m0/s1. The number of halogens is 1. The van der Waals surface area contributed by atoms with Gasteiger partial charge in [0.05, 0.1) is 12.1 Å². The Labute approximate surface area is 268 Å². The first kappa shape index (κ1) is 33.0. The second-order valence-electron chi connectivity index (χ2n) is 12.8. The zero-order chi connectivity index (χ0) is 32.8. The van der Waals surface area contributed by atoms with Gasteiger partial charge in [-0.2, -0.15) is 0 Å². The molecule has 4 heterocycles. The maximum atomic E-state index is 14.8. The van der Waals surface area contributed by atoms with Gasteiger partial charge in [0.15, 0.2) is 0 Å². The summed E-state index contributed by atoms with van der Waals surface area (Å²) in [5, 5.41) is 5.95. The molecule has 246 valence electrons. The lowest BCUT2D eigenvalue weighted by molar-refractivity contribution is -0.141. The van der Waals surface area contributed by atoms with E-state index in [2.05, 4.69) is 15.6 Å². The van der Waals surface area contributed by atoms with Crippen molar-refractivity contribution >= 4 is 29.5 Å². The van der Waals surface area contributed by atoms with Gasteiger partial charge in [0.2, 0.25) is 17.7 Å². The summed E-state index contributed by atoms with van der Waals surface area (Å²) in [7, 11) is 0. The normalized spacial score (nSPS) is 22.3. The van der Waals surface area contributed by atoms with E-state index in [0.717, 1.165) is 5.56 Å². The van der Waals surface area contributed by atoms with Crippen molar-refractivity contribution in [2.75, 3.05) is 39.3 Å². The molecule has 2 fully saturated rings. The van der Waals surface area contributed by atoms with Crippen LogP contribution in [-0.4, -0.2) is 101 Å². The molecule has 2 saturated heterocycles. The van der Waals surface area contributed by atoms with Crippen LogP contribution in [0.1, 0.15) is 72.2 Å². The van der Waals surface area contributed by atoms with Crippen LogP contribution in [0.5, 0.6) is 0 Å². The number of amides is 5. The second kappa shape index (κ2) is 14.8. The molecule has 3 aliphatic rings. The highest BCUT2D eigenvalue weighted by molar-refractivity contribution is 5.98. The number of pyridine rings is 1. The lowest BCUT2D eigenvalue weighted by atomic mass is 9.94. The lowest BCUT2D eigenvalue weighted by Gasteiger charge is -2.36. The molecular formula is C34H43FN6O5. The van der Waals surface area contributed by atoms with Crippen LogP contribution >= 0.6 is 0 Å². The summed E-state index contributed by atoms with van der Waals surface area (Å²) in [6, 6.07) is 6.52. The minimum absolute atomic E-state index is 0.0590. The number of hydrogen-bond acceptors (Lipinski definition) is 6. The summed E-state index contributed by atoms with van der Waals surface area (Å²) >= 11 is 0. The quantitative estimate of drug-likeness (QED) is 0.533. The number of hydrogen-bond donors (Lipinski definition) is 2. The Hall–Kier alpha value is -4.35. The van der Waals surface area contributed by atoms with Crippen molar-refractivity contribution in [3.8, 4) is 0 Å². The Bertz CT molecular complexity index is 1440. The van der Waals surface area contributed by atoms with Crippen LogP contribution in [0, 0.1) is 17.7 Å². The molecule has 2 aromatic rings. The first-order valence-electron chi connectivity index (χ1n) is 16.3. The maximum Gasteiger partial charge on any atom is 0.257 e. The number of rotatable bonds is 3. The smallest absolute Gasteiger partial charge is 0.257 e. The average Bonchev–Trinajstić information content (AvgIpc) is 3.56. The van der Waals surface area contributed by atoms with Crippen molar-refractivity contribution in [2.24, 2.45) is 11.8 Å². The monoisotopic (exact) mass is 634 g/mol. The number of aromatic nitrogens is 1. The van der Waals surface area contributed by atoms with Gasteiger partial charge in [-0.25, -0.2) is 4.39 Å². The minimum Gasteiger partial charge on any atom is -0.355 e. The number of carbonyl (C=O) groups excluding carboxylic acids is 5. The van der Waals surface area contributed by atoms with E-state index in [1.54, 1.807) is 35.5 Å². The van der Waals surface area contributed by atoms with Crippen LogP contribution in [0.3, 0.4) is 0 Å². The van der Waals surface area contributed by atoms with Gasteiger partial charge in [0.25, 0.3) is 11.8 Å². The summed E-state index contributed by atoms with van der Waals surface area (Å²) in [6.45, 7) is 5.32. The molecular weight excluding hydrogens is 591 g/mol. The third kappa shape index (κ3) is 7.71. The van der Waals surface area contributed by atoms with E-state index in [1.165, 1.54) is 21.9 Å². The van der Waals surface area contributed by atoms with E-state index in [9.17, 15) is 28.4 Å². The molecule has 0 radical (unpaired) electrons. The van der Waals surface area contributed by atoms with E-state index in [0.29, 0.717) is 70.3 Å². The molecule has 0 spiro atoms. The molecule has 0 aliphatic carbocycles. The van der Waals surface area contributed by atoms with E-state index in [-0.39, 0.29) is 54.1 Å². The predicted molar refractivity (Wildman–Crippen MR) is 168 cm³/mol. The fraction of sp³-hybridized carbons (Fsp3) is 0.529. The maximum absolute atomic E-state index is 14.8. The average molecular weight is 635 g/mol. The van der Waals surface area contributed by atoms with Gasteiger partial charge in [0, 0.05) is 62.6 Å². The van der Waals surface area contributed by atoms with Crippen molar-refractivity contribution in [3.05, 3.63) is 65.2 Å². The van der Waals surface area contributed by atoms with Crippen molar-refractivity contribution in [1.29, 1.82) is 0 Å². The molecule has 5 rings (SSSR count). The van der Waals surface area contributed by atoms with E-state index in [1.807, 2.05) is 13.8 Å². The zero-order valence-corrected chi connectivity index (χ0v) is 26.5. The third-order valence-corrected chi connectivity index (χ3v) is 9.30. The molecule has 12 heteroatoms. The van der Waals surface area contributed by atoms with Crippen LogP contribution < -0.4 is 10.6 Å². The van der Waals surface area contributed by atoms with Gasteiger partial charge in [-0.3, -0.25) is 29.0 Å². The molecule has 46 heavy (non-hydrogen) atoms. The fourth-order valence-electron chi connectivity index (χ4n) is 6.52. The van der Waals surface area contributed by atoms with E-state index >= 15 is 0 Å². The summed E-state index contributed by atoms with van der Waals surface area (Å²) in [6.07, 6.45) is 6.20. The van der Waals surface area contributed by atoms with Crippen LogP contribution in [0.25, 0.3) is 0 Å². The Morgan fingerprint density at radius 3 is 2.41 bits per heavy atom. The topological polar surface area (TPSA) is 132 Å². The Balaban J connectivity index is 1.33. The number of carbonyl (C=O) groups is 5. The van der Waals surface area contributed by atoms with Crippen LogP contribution in [0.4, 0.5) is 4.39 Å². The zero-order valence-electron chi connectivity index (χ0n) is 26.5. The number of aryl methyl sites for hydroxylation is 1. The molecule has 1 aromatic heterocycles. The van der Waals surface area contributed by atoms with Crippen LogP contribution in [-0.2, 0) is 20.8 Å². The Morgan fingerprint density at radius 2 is 1.70 bits per heavy atom. The fourth-order valence-corrected chi connectivity index (χ4v) is 6.52. The summed E-state index contributed by atoms with van der Waals surface area (Å²) in [5.74, 6) is -2.58. The van der Waals surface area contributed by atoms with Gasteiger partial charge < -0.3 is 25.3 Å². The number of fused-ring (bicyclic) bond motifs is 3. The summed E-state index contributed by atoms with van der Waals surface area (Å²) in [4.78, 5) is 75.9.